The molecule has 0 aliphatic heterocycles. The van der Waals surface area contributed by atoms with Gasteiger partial charge in [0, 0.05) is 23.0 Å². The fourth-order valence-electron chi connectivity index (χ4n) is 2.75. The number of hydrogen-bond acceptors (Lipinski definition) is 3. The van der Waals surface area contributed by atoms with Crippen molar-refractivity contribution in [2.24, 2.45) is 0 Å². The minimum Gasteiger partial charge on any atom is -0.324 e. The first-order valence-corrected chi connectivity index (χ1v) is 8.80. The first-order chi connectivity index (χ1) is 13.4. The van der Waals surface area contributed by atoms with Gasteiger partial charge in [-0.15, -0.1) is 0 Å². The number of nitrogens with zero attached hydrogens (tertiary/aromatic N) is 2. The fraction of sp³-hybridized carbons (Fsp3) is 0.190. The highest BCUT2D eigenvalue weighted by Gasteiger charge is 2.15. The second-order valence-corrected chi connectivity index (χ2v) is 6.37. The molecular formula is C21H19F2N3O2. The molecule has 0 fully saturated rings. The quantitative estimate of drug-likeness (QED) is 0.731. The number of anilines is 1. The summed E-state index contributed by atoms with van der Waals surface area (Å²) in [5, 5.41) is 2.56. The zero-order valence-corrected chi connectivity index (χ0v) is 15.5. The van der Waals surface area contributed by atoms with Gasteiger partial charge in [-0.3, -0.25) is 14.2 Å². The third-order valence-electron chi connectivity index (χ3n) is 4.26. The summed E-state index contributed by atoms with van der Waals surface area (Å²) < 4.78 is 28.5. The van der Waals surface area contributed by atoms with Gasteiger partial charge in [-0.25, -0.2) is 13.8 Å². The van der Waals surface area contributed by atoms with Gasteiger partial charge in [-0.1, -0.05) is 25.1 Å². The van der Waals surface area contributed by atoms with Crippen LogP contribution in [-0.4, -0.2) is 15.5 Å². The third-order valence-corrected chi connectivity index (χ3v) is 4.26. The van der Waals surface area contributed by atoms with Gasteiger partial charge in [0.25, 0.3) is 5.56 Å². The number of aryl methyl sites for hydroxylation is 2. The molecule has 0 saturated heterocycles. The van der Waals surface area contributed by atoms with Crippen molar-refractivity contribution < 1.29 is 13.6 Å². The molecule has 144 valence electrons. The third kappa shape index (κ3) is 4.31. The maximum absolute atomic E-state index is 13.7. The van der Waals surface area contributed by atoms with Crippen LogP contribution in [-0.2, 0) is 17.8 Å². The molecule has 28 heavy (non-hydrogen) atoms. The summed E-state index contributed by atoms with van der Waals surface area (Å²) in [6, 6.07) is 11.4. The van der Waals surface area contributed by atoms with Gasteiger partial charge in [0.2, 0.25) is 5.91 Å². The van der Waals surface area contributed by atoms with Crippen LogP contribution in [0.2, 0.25) is 0 Å². The van der Waals surface area contributed by atoms with Crippen LogP contribution in [0.4, 0.5) is 14.5 Å². The van der Waals surface area contributed by atoms with Gasteiger partial charge >= 0.3 is 0 Å². The van der Waals surface area contributed by atoms with Crippen LogP contribution in [0.25, 0.3) is 11.4 Å². The van der Waals surface area contributed by atoms with Crippen molar-refractivity contribution in [3.8, 4) is 11.4 Å². The lowest BCUT2D eigenvalue weighted by Crippen LogP contribution is -2.30. The number of benzene rings is 2. The summed E-state index contributed by atoms with van der Waals surface area (Å²) in [5.41, 5.74) is 1.26. The summed E-state index contributed by atoms with van der Waals surface area (Å²) in [7, 11) is 0. The van der Waals surface area contributed by atoms with E-state index in [-0.39, 0.29) is 18.1 Å². The molecule has 1 amide bonds. The minimum atomic E-state index is -0.519. The topological polar surface area (TPSA) is 64.0 Å². The molecule has 0 saturated carbocycles. The molecule has 0 unspecified atom stereocenters. The SMILES string of the molecule is CCc1cc(=O)n(CC(=O)Nc2ccc(C)c(F)c2)c(-c2cccc(F)c2)n1. The molecule has 1 N–H and O–H groups in total. The fourth-order valence-corrected chi connectivity index (χ4v) is 2.75. The molecule has 3 rings (SSSR count). The van der Waals surface area contributed by atoms with E-state index < -0.39 is 23.1 Å². The Labute approximate surface area is 160 Å². The summed E-state index contributed by atoms with van der Waals surface area (Å²) in [4.78, 5) is 29.4. The zero-order chi connectivity index (χ0) is 20.3. The number of nitrogens with one attached hydrogen (secondary N) is 1. The van der Waals surface area contributed by atoms with Crippen molar-refractivity contribution in [2.75, 3.05) is 5.32 Å². The summed E-state index contributed by atoms with van der Waals surface area (Å²) in [5.74, 6) is -1.23. The molecule has 1 heterocycles. The molecule has 7 heteroatoms. The van der Waals surface area contributed by atoms with Crippen LogP contribution in [0.15, 0.2) is 53.3 Å². The number of carbonyl (C=O) groups excluding carboxylic acids is 1. The average molecular weight is 383 g/mol. The predicted octanol–water partition coefficient (Wildman–Crippen LogP) is 3.70. The van der Waals surface area contributed by atoms with Crippen LogP contribution >= 0.6 is 0 Å². The van der Waals surface area contributed by atoms with Crippen molar-refractivity contribution in [2.45, 2.75) is 26.8 Å². The van der Waals surface area contributed by atoms with Crippen molar-refractivity contribution >= 4 is 11.6 Å². The van der Waals surface area contributed by atoms with Gasteiger partial charge in [0.05, 0.1) is 0 Å². The van der Waals surface area contributed by atoms with E-state index in [4.69, 9.17) is 0 Å². The minimum absolute atomic E-state index is 0.203. The van der Waals surface area contributed by atoms with Crippen molar-refractivity contribution in [3.63, 3.8) is 0 Å². The Bertz CT molecular complexity index is 1090. The Morgan fingerprint density at radius 3 is 2.61 bits per heavy atom. The second-order valence-electron chi connectivity index (χ2n) is 6.37. The van der Waals surface area contributed by atoms with Crippen molar-refractivity contribution in [3.05, 3.63) is 81.8 Å². The number of halogens is 2. The second kappa shape index (κ2) is 8.12. The van der Waals surface area contributed by atoms with Crippen LogP contribution < -0.4 is 10.9 Å². The molecule has 0 bridgehead atoms. The van der Waals surface area contributed by atoms with Crippen molar-refractivity contribution in [1.82, 2.24) is 9.55 Å². The van der Waals surface area contributed by atoms with E-state index in [1.165, 1.54) is 34.9 Å². The Kier molecular flexibility index (Phi) is 5.63. The van der Waals surface area contributed by atoms with Crippen LogP contribution in [0, 0.1) is 18.6 Å². The molecular weight excluding hydrogens is 364 g/mol. The summed E-state index contributed by atoms with van der Waals surface area (Å²) in [6.45, 7) is 3.13. The molecule has 0 radical (unpaired) electrons. The Morgan fingerprint density at radius 1 is 1.14 bits per heavy atom. The van der Waals surface area contributed by atoms with E-state index in [1.54, 1.807) is 25.1 Å². The zero-order valence-electron chi connectivity index (χ0n) is 15.5. The van der Waals surface area contributed by atoms with E-state index in [2.05, 4.69) is 10.3 Å². The van der Waals surface area contributed by atoms with Crippen LogP contribution in [0.5, 0.6) is 0 Å². The highest BCUT2D eigenvalue weighted by molar-refractivity contribution is 5.90. The average Bonchev–Trinajstić information content (AvgIpc) is 2.66. The lowest BCUT2D eigenvalue weighted by Gasteiger charge is -2.14. The van der Waals surface area contributed by atoms with Crippen LogP contribution in [0.1, 0.15) is 18.2 Å². The van der Waals surface area contributed by atoms with Gasteiger partial charge < -0.3 is 5.32 Å². The Hall–Kier alpha value is -3.35. The van der Waals surface area contributed by atoms with Gasteiger partial charge in [-0.05, 0) is 43.2 Å². The van der Waals surface area contributed by atoms with Crippen LogP contribution in [0.3, 0.4) is 0 Å². The Balaban J connectivity index is 1.95. The van der Waals surface area contributed by atoms with Gasteiger partial charge in [-0.2, -0.15) is 0 Å². The van der Waals surface area contributed by atoms with E-state index in [1.807, 2.05) is 6.92 Å². The maximum atomic E-state index is 13.7. The number of rotatable bonds is 5. The monoisotopic (exact) mass is 383 g/mol. The standard InChI is InChI=1S/C21H19F2N3O2/c1-3-16-11-20(28)26(21(25-16)14-5-4-6-15(22)9-14)12-19(27)24-17-8-7-13(2)18(23)10-17/h4-11H,3,12H2,1-2H3,(H,24,27). The van der Waals surface area contributed by atoms with Gasteiger partial charge in [0.15, 0.2) is 0 Å². The molecule has 5 nitrogen and oxygen atoms in total. The number of aromatic nitrogens is 2. The molecule has 0 spiro atoms. The molecule has 2 aromatic carbocycles. The Morgan fingerprint density at radius 2 is 1.93 bits per heavy atom. The molecule has 1 aromatic heterocycles. The first kappa shape index (κ1) is 19.4. The molecule has 0 atom stereocenters. The normalized spacial score (nSPS) is 10.7. The summed E-state index contributed by atoms with van der Waals surface area (Å²) in [6.07, 6.45) is 0.521. The molecule has 0 aliphatic carbocycles. The van der Waals surface area contributed by atoms with Gasteiger partial charge in [0.1, 0.15) is 24.0 Å². The molecule has 3 aromatic rings. The smallest absolute Gasteiger partial charge is 0.254 e. The number of carbonyl (C=O) groups is 1. The van der Waals surface area contributed by atoms with E-state index in [0.29, 0.717) is 23.2 Å². The lowest BCUT2D eigenvalue weighted by atomic mass is 10.2. The lowest BCUT2D eigenvalue weighted by molar-refractivity contribution is -0.116. The number of hydrogen-bond donors (Lipinski definition) is 1. The van der Waals surface area contributed by atoms with E-state index >= 15 is 0 Å². The van der Waals surface area contributed by atoms with E-state index in [9.17, 15) is 18.4 Å². The number of amides is 1. The maximum Gasteiger partial charge on any atom is 0.254 e. The molecule has 0 aliphatic rings. The largest absolute Gasteiger partial charge is 0.324 e. The predicted molar refractivity (Wildman–Crippen MR) is 103 cm³/mol. The highest BCUT2D eigenvalue weighted by atomic mass is 19.1. The summed E-state index contributed by atoms with van der Waals surface area (Å²) >= 11 is 0. The highest BCUT2D eigenvalue weighted by Crippen LogP contribution is 2.18. The van der Waals surface area contributed by atoms with E-state index in [0.717, 1.165) is 0 Å². The van der Waals surface area contributed by atoms with Crippen molar-refractivity contribution in [1.29, 1.82) is 0 Å². The first-order valence-electron chi connectivity index (χ1n) is 8.80.